The van der Waals surface area contributed by atoms with Crippen LogP contribution < -0.4 is 15.8 Å². The number of piperidine rings is 1. The first kappa shape index (κ1) is 14.8. The molecule has 1 amide bonds. The van der Waals surface area contributed by atoms with Gasteiger partial charge >= 0.3 is 0 Å². The van der Waals surface area contributed by atoms with E-state index in [9.17, 15) is 4.79 Å². The van der Waals surface area contributed by atoms with Crippen LogP contribution in [0.3, 0.4) is 0 Å². The molecule has 110 valence electrons. The molecule has 3 N–H and O–H groups in total. The maximum atomic E-state index is 12.1. The van der Waals surface area contributed by atoms with Gasteiger partial charge in [0.1, 0.15) is 5.75 Å². The molecule has 0 spiro atoms. The zero-order valence-corrected chi connectivity index (χ0v) is 12.2. The maximum absolute atomic E-state index is 12.1. The number of likely N-dealkylation sites (tertiary alicyclic amines) is 1. The summed E-state index contributed by atoms with van der Waals surface area (Å²) in [7, 11) is 1.60. The Morgan fingerprint density at radius 1 is 1.55 bits per heavy atom. The normalized spacial score (nSPS) is 19.6. The molecular formula is C15H23N3O2. The third-order valence-corrected chi connectivity index (χ3v) is 3.54. The fraction of sp³-hybridized carbons (Fsp3) is 0.533. The molecule has 1 aromatic carbocycles. The monoisotopic (exact) mass is 277 g/mol. The van der Waals surface area contributed by atoms with Gasteiger partial charge in [-0.2, -0.15) is 0 Å². The number of nitrogens with one attached hydrogen (secondary N) is 1. The Balaban J connectivity index is 1.95. The Morgan fingerprint density at radius 3 is 3.05 bits per heavy atom. The second-order valence-corrected chi connectivity index (χ2v) is 5.39. The molecule has 1 saturated heterocycles. The number of rotatable bonds is 4. The van der Waals surface area contributed by atoms with E-state index in [1.54, 1.807) is 7.11 Å². The number of benzene rings is 1. The van der Waals surface area contributed by atoms with Gasteiger partial charge in [-0.05, 0) is 44.0 Å². The van der Waals surface area contributed by atoms with Gasteiger partial charge in [-0.25, -0.2) is 0 Å². The summed E-state index contributed by atoms with van der Waals surface area (Å²) in [4.78, 5) is 14.2. The SMILES string of the molecule is COc1ccc(C)cc1NC(=O)CN1CCC[C@@H](N)C1. The van der Waals surface area contributed by atoms with E-state index < -0.39 is 0 Å². The minimum Gasteiger partial charge on any atom is -0.495 e. The summed E-state index contributed by atoms with van der Waals surface area (Å²) in [6, 6.07) is 5.92. The van der Waals surface area contributed by atoms with E-state index in [1.165, 1.54) is 0 Å². The first-order valence-corrected chi connectivity index (χ1v) is 7.01. The molecule has 5 heteroatoms. The average Bonchev–Trinajstić information content (AvgIpc) is 2.38. The van der Waals surface area contributed by atoms with Gasteiger partial charge < -0.3 is 15.8 Å². The van der Waals surface area contributed by atoms with E-state index in [0.29, 0.717) is 12.3 Å². The molecule has 2 rings (SSSR count). The lowest BCUT2D eigenvalue weighted by Gasteiger charge is -2.30. The Morgan fingerprint density at radius 2 is 2.35 bits per heavy atom. The van der Waals surface area contributed by atoms with Crippen LogP contribution in [0.25, 0.3) is 0 Å². The van der Waals surface area contributed by atoms with Crippen LogP contribution in [0.5, 0.6) is 5.75 Å². The predicted molar refractivity (Wildman–Crippen MR) is 80.0 cm³/mol. The lowest BCUT2D eigenvalue weighted by Crippen LogP contribution is -2.45. The molecule has 0 radical (unpaired) electrons. The number of hydrogen-bond donors (Lipinski definition) is 2. The van der Waals surface area contributed by atoms with E-state index >= 15 is 0 Å². The zero-order chi connectivity index (χ0) is 14.5. The molecule has 5 nitrogen and oxygen atoms in total. The van der Waals surface area contributed by atoms with E-state index in [2.05, 4.69) is 10.2 Å². The van der Waals surface area contributed by atoms with Gasteiger partial charge in [0.2, 0.25) is 5.91 Å². The summed E-state index contributed by atoms with van der Waals surface area (Å²) < 4.78 is 5.26. The molecule has 1 heterocycles. The highest BCUT2D eigenvalue weighted by Crippen LogP contribution is 2.25. The number of ether oxygens (including phenoxy) is 1. The minimum atomic E-state index is -0.0250. The highest BCUT2D eigenvalue weighted by molar-refractivity contribution is 5.93. The molecule has 0 aliphatic carbocycles. The fourth-order valence-electron chi connectivity index (χ4n) is 2.55. The Labute approximate surface area is 120 Å². The zero-order valence-electron chi connectivity index (χ0n) is 12.2. The molecule has 0 bridgehead atoms. The second kappa shape index (κ2) is 6.72. The summed E-state index contributed by atoms with van der Waals surface area (Å²) in [5, 5.41) is 2.92. The van der Waals surface area contributed by atoms with Gasteiger partial charge in [-0.1, -0.05) is 6.07 Å². The van der Waals surface area contributed by atoms with Crippen molar-refractivity contribution in [1.82, 2.24) is 4.90 Å². The van der Waals surface area contributed by atoms with E-state index in [0.717, 1.165) is 37.2 Å². The first-order chi connectivity index (χ1) is 9.58. The lowest BCUT2D eigenvalue weighted by atomic mass is 10.1. The van der Waals surface area contributed by atoms with Gasteiger partial charge in [-0.15, -0.1) is 0 Å². The van der Waals surface area contributed by atoms with Crippen molar-refractivity contribution < 1.29 is 9.53 Å². The maximum Gasteiger partial charge on any atom is 0.238 e. The smallest absolute Gasteiger partial charge is 0.238 e. The Kier molecular flexibility index (Phi) is 4.98. The largest absolute Gasteiger partial charge is 0.495 e. The van der Waals surface area contributed by atoms with E-state index in [4.69, 9.17) is 10.5 Å². The number of amides is 1. The lowest BCUT2D eigenvalue weighted by molar-refractivity contribution is -0.117. The summed E-state index contributed by atoms with van der Waals surface area (Å²) in [6.07, 6.45) is 2.10. The highest BCUT2D eigenvalue weighted by atomic mass is 16.5. The van der Waals surface area contributed by atoms with Crippen LogP contribution in [0.15, 0.2) is 18.2 Å². The molecular weight excluding hydrogens is 254 g/mol. The molecule has 0 saturated carbocycles. The van der Waals surface area contributed by atoms with Crippen LogP contribution in [-0.2, 0) is 4.79 Å². The number of methoxy groups -OCH3 is 1. The number of nitrogens with zero attached hydrogens (tertiary/aromatic N) is 1. The fourth-order valence-corrected chi connectivity index (χ4v) is 2.55. The van der Waals surface area contributed by atoms with Crippen molar-refractivity contribution in [2.24, 2.45) is 5.73 Å². The van der Waals surface area contributed by atoms with Crippen LogP contribution in [-0.4, -0.2) is 43.6 Å². The number of hydrogen-bond acceptors (Lipinski definition) is 4. The quantitative estimate of drug-likeness (QED) is 0.872. The van der Waals surface area contributed by atoms with Crippen LogP contribution >= 0.6 is 0 Å². The predicted octanol–water partition coefficient (Wildman–Crippen LogP) is 1.37. The molecule has 1 atom stereocenters. The van der Waals surface area contributed by atoms with Crippen molar-refractivity contribution in [3.63, 3.8) is 0 Å². The number of carbonyl (C=O) groups excluding carboxylic acids is 1. The average molecular weight is 277 g/mol. The van der Waals surface area contributed by atoms with Crippen LogP contribution in [0.2, 0.25) is 0 Å². The van der Waals surface area contributed by atoms with Crippen molar-refractivity contribution in [2.45, 2.75) is 25.8 Å². The third kappa shape index (κ3) is 3.95. The third-order valence-electron chi connectivity index (χ3n) is 3.54. The molecule has 1 fully saturated rings. The Hall–Kier alpha value is -1.59. The van der Waals surface area contributed by atoms with Crippen LogP contribution in [0.4, 0.5) is 5.69 Å². The number of anilines is 1. The topological polar surface area (TPSA) is 67.6 Å². The van der Waals surface area contributed by atoms with Crippen molar-refractivity contribution >= 4 is 11.6 Å². The molecule has 1 aliphatic heterocycles. The van der Waals surface area contributed by atoms with Gasteiger partial charge in [-0.3, -0.25) is 9.69 Å². The summed E-state index contributed by atoms with van der Waals surface area (Å²) in [5.41, 5.74) is 7.73. The molecule has 0 unspecified atom stereocenters. The second-order valence-electron chi connectivity index (χ2n) is 5.39. The number of nitrogens with two attached hydrogens (primary N) is 1. The van der Waals surface area contributed by atoms with Crippen LogP contribution in [0.1, 0.15) is 18.4 Å². The first-order valence-electron chi connectivity index (χ1n) is 7.01. The number of carbonyl (C=O) groups is 1. The Bertz CT molecular complexity index is 476. The van der Waals surface area contributed by atoms with Crippen molar-refractivity contribution in [1.29, 1.82) is 0 Å². The minimum absolute atomic E-state index is 0.0250. The molecule has 0 aromatic heterocycles. The molecule has 20 heavy (non-hydrogen) atoms. The van der Waals surface area contributed by atoms with E-state index in [1.807, 2.05) is 25.1 Å². The summed E-state index contributed by atoms with van der Waals surface area (Å²) >= 11 is 0. The van der Waals surface area contributed by atoms with Gasteiger partial charge in [0.05, 0.1) is 19.3 Å². The van der Waals surface area contributed by atoms with Crippen molar-refractivity contribution in [3.8, 4) is 5.75 Å². The summed E-state index contributed by atoms with van der Waals surface area (Å²) in [5.74, 6) is 0.655. The highest BCUT2D eigenvalue weighted by Gasteiger charge is 2.19. The molecule has 1 aromatic rings. The number of aryl methyl sites for hydroxylation is 1. The van der Waals surface area contributed by atoms with E-state index in [-0.39, 0.29) is 11.9 Å². The van der Waals surface area contributed by atoms with Gasteiger partial charge in [0.25, 0.3) is 0 Å². The van der Waals surface area contributed by atoms with Crippen molar-refractivity contribution in [2.75, 3.05) is 32.1 Å². The van der Waals surface area contributed by atoms with Gasteiger partial charge in [0.15, 0.2) is 0 Å². The summed E-state index contributed by atoms with van der Waals surface area (Å²) in [6.45, 7) is 4.09. The standard InChI is InChI=1S/C15H23N3O2/c1-11-5-6-14(20-2)13(8-11)17-15(19)10-18-7-3-4-12(16)9-18/h5-6,8,12H,3-4,7,9-10,16H2,1-2H3,(H,17,19)/t12-/m1/s1. The van der Waals surface area contributed by atoms with Gasteiger partial charge in [0, 0.05) is 12.6 Å². The molecule has 1 aliphatic rings. The van der Waals surface area contributed by atoms with Crippen molar-refractivity contribution in [3.05, 3.63) is 23.8 Å². The van der Waals surface area contributed by atoms with Crippen LogP contribution in [0, 0.1) is 6.92 Å².